The number of carbonyl (C=O) groups is 4. The molecule has 0 bridgehead atoms. The Morgan fingerprint density at radius 3 is 1.65 bits per heavy atom. The first-order chi connectivity index (χ1) is 24.1. The molecular weight excluding hydrogens is 692 g/mol. The summed E-state index contributed by atoms with van der Waals surface area (Å²) in [7, 11) is 1.63. The molecule has 0 saturated heterocycles. The van der Waals surface area contributed by atoms with Gasteiger partial charge in [-0.05, 0) is 94.3 Å². The molecule has 0 rings (SSSR count). The molecule has 0 fully saturated rings. The first-order valence-electron chi connectivity index (χ1n) is 18.3. The first kappa shape index (κ1) is 49.4. The average Bonchev–Trinajstić information content (AvgIpc) is 3.00. The van der Waals surface area contributed by atoms with Crippen molar-refractivity contribution < 1.29 is 42.9 Å². The van der Waals surface area contributed by atoms with Crippen LogP contribution in [0.2, 0.25) is 0 Å². The molecule has 304 valence electrons. The minimum Gasteiger partial charge on any atom is -0.378 e. The highest BCUT2D eigenvalue weighted by Crippen LogP contribution is 2.14. The van der Waals surface area contributed by atoms with Crippen LogP contribution < -0.4 is 31.9 Å². The maximum Gasteiger partial charge on any atom is 0.240 e. The molecule has 0 radical (unpaired) electrons. The lowest BCUT2D eigenvalue weighted by molar-refractivity contribution is -0.130. The van der Waals surface area contributed by atoms with Gasteiger partial charge in [-0.2, -0.15) is 0 Å². The number of nitrogens with one attached hydrogen (secondary N) is 6. The normalized spacial score (nSPS) is 13.8. The SMILES string of the molecule is CCNC(=O)CCOCC(COCCC(=O)NC(C)CCOC(C)(C)C)(COCCC(=O)NC(C)(C)CCOC(C)(C)C)NC(=O)CNC(=S)NC. The molecule has 0 aliphatic rings. The van der Waals surface area contributed by atoms with Crippen molar-refractivity contribution in [2.75, 3.05) is 73.0 Å². The molecular formula is C36H70N6O9S. The molecule has 0 aromatic rings. The number of thiocarbonyl (C=S) groups is 1. The zero-order valence-electron chi connectivity index (χ0n) is 33.8. The van der Waals surface area contributed by atoms with Gasteiger partial charge in [0.1, 0.15) is 5.54 Å². The third-order valence-electron chi connectivity index (χ3n) is 7.20. The Morgan fingerprint density at radius 1 is 0.654 bits per heavy atom. The van der Waals surface area contributed by atoms with E-state index in [9.17, 15) is 19.2 Å². The van der Waals surface area contributed by atoms with Gasteiger partial charge in [0.05, 0.1) is 57.4 Å². The van der Waals surface area contributed by atoms with E-state index < -0.39 is 17.0 Å². The highest BCUT2D eigenvalue weighted by atomic mass is 32.1. The molecule has 0 saturated carbocycles. The van der Waals surface area contributed by atoms with Crippen LogP contribution >= 0.6 is 12.2 Å². The van der Waals surface area contributed by atoms with Crippen LogP contribution in [0.4, 0.5) is 0 Å². The summed E-state index contributed by atoms with van der Waals surface area (Å²) in [5.41, 5.74) is -2.24. The number of rotatable bonds is 27. The number of amides is 4. The zero-order valence-corrected chi connectivity index (χ0v) is 34.6. The lowest BCUT2D eigenvalue weighted by Gasteiger charge is -2.34. The van der Waals surface area contributed by atoms with Gasteiger partial charge in [0.25, 0.3) is 0 Å². The summed E-state index contributed by atoms with van der Waals surface area (Å²) in [5, 5.41) is 17.5. The van der Waals surface area contributed by atoms with Crippen molar-refractivity contribution in [3.8, 4) is 0 Å². The maximum atomic E-state index is 13.1. The van der Waals surface area contributed by atoms with Crippen LogP contribution in [0.5, 0.6) is 0 Å². The molecule has 0 spiro atoms. The van der Waals surface area contributed by atoms with Crippen molar-refractivity contribution in [2.24, 2.45) is 0 Å². The van der Waals surface area contributed by atoms with E-state index in [-0.39, 0.29) is 106 Å². The molecule has 0 aromatic carbocycles. The lowest BCUT2D eigenvalue weighted by Crippen LogP contribution is -2.60. The molecule has 16 heteroatoms. The lowest BCUT2D eigenvalue weighted by atomic mass is 10.0. The monoisotopic (exact) mass is 762 g/mol. The minimum atomic E-state index is -1.23. The van der Waals surface area contributed by atoms with Crippen molar-refractivity contribution in [1.29, 1.82) is 0 Å². The molecule has 0 aliphatic heterocycles. The Kier molecular flexibility index (Phi) is 24.1. The van der Waals surface area contributed by atoms with Crippen LogP contribution in [0.3, 0.4) is 0 Å². The standard InChI is InChI=1S/C36H70N6O9S/c1-12-38-28(43)14-18-47-24-36(42-31(46)23-39-32(52)37-11,25-48-19-15-29(44)40-27(2)13-21-50-33(3,4)5)26-49-20-16-30(45)41-35(9,10)17-22-51-34(6,7)8/h27H,12-26H2,1-11H3,(H,38,43)(H,40,44)(H,41,45)(H,42,46)(H2,37,39,52). The smallest absolute Gasteiger partial charge is 0.240 e. The number of carbonyl (C=O) groups excluding carboxylic acids is 4. The number of ether oxygens (including phenoxy) is 5. The summed E-state index contributed by atoms with van der Waals surface area (Å²) >= 11 is 5.11. The molecule has 0 aromatic heterocycles. The van der Waals surface area contributed by atoms with E-state index in [0.29, 0.717) is 32.6 Å². The van der Waals surface area contributed by atoms with Crippen LogP contribution in [0.15, 0.2) is 0 Å². The first-order valence-corrected chi connectivity index (χ1v) is 18.7. The predicted molar refractivity (Wildman–Crippen MR) is 206 cm³/mol. The fourth-order valence-electron chi connectivity index (χ4n) is 4.48. The number of hydrogen-bond donors (Lipinski definition) is 6. The largest absolute Gasteiger partial charge is 0.378 e. The van der Waals surface area contributed by atoms with E-state index in [1.165, 1.54) is 0 Å². The fraction of sp³-hybridized carbons (Fsp3) is 0.861. The maximum absolute atomic E-state index is 13.1. The molecule has 2 unspecified atom stereocenters. The van der Waals surface area contributed by atoms with Crippen molar-refractivity contribution in [3.05, 3.63) is 0 Å². The molecule has 2 atom stereocenters. The Bertz CT molecular complexity index is 1080. The van der Waals surface area contributed by atoms with Gasteiger partial charge >= 0.3 is 0 Å². The van der Waals surface area contributed by atoms with Crippen LogP contribution in [-0.4, -0.2) is 130 Å². The van der Waals surface area contributed by atoms with E-state index in [2.05, 4.69) is 31.9 Å². The van der Waals surface area contributed by atoms with Gasteiger partial charge in [-0.25, -0.2) is 0 Å². The van der Waals surface area contributed by atoms with E-state index in [1.807, 2.05) is 69.2 Å². The Morgan fingerprint density at radius 2 is 1.15 bits per heavy atom. The van der Waals surface area contributed by atoms with Crippen molar-refractivity contribution in [1.82, 2.24) is 31.9 Å². The van der Waals surface area contributed by atoms with Crippen molar-refractivity contribution in [3.63, 3.8) is 0 Å². The fourth-order valence-corrected chi connectivity index (χ4v) is 4.55. The molecule has 0 heterocycles. The summed E-state index contributed by atoms with van der Waals surface area (Å²) < 4.78 is 29.4. The van der Waals surface area contributed by atoms with Crippen LogP contribution in [0.1, 0.15) is 101 Å². The topological polar surface area (TPSA) is 187 Å². The molecule has 0 aliphatic carbocycles. The average molecular weight is 763 g/mol. The van der Waals surface area contributed by atoms with Crippen molar-refractivity contribution in [2.45, 2.75) is 130 Å². The van der Waals surface area contributed by atoms with Gasteiger partial charge in [-0.3, -0.25) is 19.2 Å². The predicted octanol–water partition coefficient (Wildman–Crippen LogP) is 2.10. The third kappa shape index (κ3) is 27.9. The second-order valence-corrected chi connectivity index (χ2v) is 15.9. The van der Waals surface area contributed by atoms with E-state index in [1.54, 1.807) is 7.05 Å². The Balaban J connectivity index is 5.56. The zero-order chi connectivity index (χ0) is 39.8. The molecule has 52 heavy (non-hydrogen) atoms. The Labute approximate surface area is 317 Å². The summed E-state index contributed by atoms with van der Waals surface area (Å²) in [5.74, 6) is -0.965. The van der Waals surface area contributed by atoms with E-state index in [4.69, 9.17) is 35.9 Å². The second-order valence-electron chi connectivity index (χ2n) is 15.5. The molecule has 15 nitrogen and oxygen atoms in total. The van der Waals surface area contributed by atoms with Crippen LogP contribution in [0.25, 0.3) is 0 Å². The summed E-state index contributed by atoms with van der Waals surface area (Å²) in [6.45, 7) is 20.8. The van der Waals surface area contributed by atoms with Crippen LogP contribution in [-0.2, 0) is 42.9 Å². The van der Waals surface area contributed by atoms with Gasteiger partial charge in [0.15, 0.2) is 5.11 Å². The Hall–Kier alpha value is -2.63. The summed E-state index contributed by atoms with van der Waals surface area (Å²) in [6.07, 6.45) is 1.57. The summed E-state index contributed by atoms with van der Waals surface area (Å²) in [4.78, 5) is 50.6. The van der Waals surface area contributed by atoms with Crippen molar-refractivity contribution >= 4 is 41.0 Å². The molecule has 6 N–H and O–H groups in total. The van der Waals surface area contributed by atoms with E-state index in [0.717, 1.165) is 0 Å². The van der Waals surface area contributed by atoms with Gasteiger partial charge < -0.3 is 55.6 Å². The quantitative estimate of drug-likeness (QED) is 0.0530. The van der Waals surface area contributed by atoms with E-state index >= 15 is 0 Å². The van der Waals surface area contributed by atoms with Gasteiger partial charge in [0, 0.05) is 57.6 Å². The summed E-state index contributed by atoms with van der Waals surface area (Å²) in [6, 6.07) is -0.0873. The minimum absolute atomic E-state index is 0.0538. The van der Waals surface area contributed by atoms with Gasteiger partial charge in [-0.1, -0.05) is 0 Å². The second kappa shape index (κ2) is 25.4. The van der Waals surface area contributed by atoms with Crippen LogP contribution in [0, 0.1) is 0 Å². The molecule has 4 amide bonds. The van der Waals surface area contributed by atoms with Gasteiger partial charge in [-0.15, -0.1) is 0 Å². The highest BCUT2D eigenvalue weighted by molar-refractivity contribution is 7.80. The highest BCUT2D eigenvalue weighted by Gasteiger charge is 2.34. The van der Waals surface area contributed by atoms with Gasteiger partial charge in [0.2, 0.25) is 23.6 Å². The number of hydrogen-bond acceptors (Lipinski definition) is 10. The third-order valence-corrected chi connectivity index (χ3v) is 7.55.